The van der Waals surface area contributed by atoms with Crippen LogP contribution in [0.3, 0.4) is 0 Å². The molecule has 2 rings (SSSR count). The minimum atomic E-state index is -4.59. The molecule has 0 atom stereocenters. The molecule has 134 valence electrons. The van der Waals surface area contributed by atoms with Gasteiger partial charge in [-0.1, -0.05) is 11.6 Å². The molecule has 0 aromatic heterocycles. The quantitative estimate of drug-likeness (QED) is 0.712. The van der Waals surface area contributed by atoms with Crippen molar-refractivity contribution in [2.45, 2.75) is 12.6 Å². The summed E-state index contributed by atoms with van der Waals surface area (Å²) >= 11 is 5.51. The number of anilines is 2. The fourth-order valence-corrected chi connectivity index (χ4v) is 2.20. The Bertz CT molecular complexity index is 780. The van der Waals surface area contributed by atoms with Crippen LogP contribution in [0.15, 0.2) is 36.4 Å². The summed E-state index contributed by atoms with van der Waals surface area (Å²) in [4.78, 5) is 11.7. The molecule has 0 unspecified atom stereocenters. The lowest BCUT2D eigenvalue weighted by Gasteiger charge is -2.12. The van der Waals surface area contributed by atoms with Gasteiger partial charge in [0.1, 0.15) is 11.6 Å². The molecule has 2 N–H and O–H groups in total. The lowest BCUT2D eigenvalue weighted by molar-refractivity contribution is -0.137. The van der Waals surface area contributed by atoms with Crippen molar-refractivity contribution in [3.05, 3.63) is 58.6 Å². The number of hydrogen-bond donors (Lipinski definition) is 2. The first-order valence-corrected chi connectivity index (χ1v) is 7.40. The van der Waals surface area contributed by atoms with Crippen LogP contribution in [0.4, 0.5) is 33.3 Å². The second-order valence-corrected chi connectivity index (χ2v) is 5.45. The molecule has 0 saturated carbocycles. The Hall–Kier alpha value is -2.35. The number of benzene rings is 2. The van der Waals surface area contributed by atoms with E-state index in [2.05, 4.69) is 10.6 Å². The molecule has 2 aromatic rings. The fraction of sp³-hybridized carbons (Fsp3) is 0.188. The van der Waals surface area contributed by atoms with Gasteiger partial charge in [0, 0.05) is 24.7 Å². The number of alkyl halides is 3. The Morgan fingerprint density at radius 1 is 1.08 bits per heavy atom. The van der Waals surface area contributed by atoms with E-state index in [4.69, 9.17) is 11.6 Å². The molecular formula is C16H12ClF5N2O. The zero-order valence-corrected chi connectivity index (χ0v) is 13.3. The van der Waals surface area contributed by atoms with E-state index >= 15 is 0 Å². The molecule has 0 aliphatic heterocycles. The van der Waals surface area contributed by atoms with E-state index in [0.717, 1.165) is 24.3 Å². The molecule has 0 aliphatic carbocycles. The van der Waals surface area contributed by atoms with Crippen LogP contribution in [0.1, 0.15) is 12.0 Å². The van der Waals surface area contributed by atoms with Crippen LogP contribution in [0, 0.1) is 11.6 Å². The van der Waals surface area contributed by atoms with Gasteiger partial charge in [0.25, 0.3) is 0 Å². The average Bonchev–Trinajstić information content (AvgIpc) is 2.50. The molecular weight excluding hydrogens is 367 g/mol. The molecule has 2 aromatic carbocycles. The van der Waals surface area contributed by atoms with Gasteiger partial charge in [-0.05, 0) is 30.3 Å². The summed E-state index contributed by atoms with van der Waals surface area (Å²) in [7, 11) is 0. The standard InChI is InChI=1S/C16H12ClF5N2O/c17-12-3-2-10(8-11(12)16(20,21)22)23-6-5-15(25)24-14-4-1-9(18)7-13(14)19/h1-4,7-8,23H,5-6H2,(H,24,25). The minimum Gasteiger partial charge on any atom is -0.385 e. The van der Waals surface area contributed by atoms with Gasteiger partial charge in [-0.3, -0.25) is 4.79 Å². The van der Waals surface area contributed by atoms with E-state index < -0.39 is 34.3 Å². The molecule has 3 nitrogen and oxygen atoms in total. The first kappa shape index (κ1) is 19.0. The van der Waals surface area contributed by atoms with E-state index in [-0.39, 0.29) is 24.3 Å². The Kier molecular flexibility index (Phi) is 5.84. The SMILES string of the molecule is O=C(CCNc1ccc(Cl)c(C(F)(F)F)c1)Nc1ccc(F)cc1F. The highest BCUT2D eigenvalue weighted by Gasteiger charge is 2.33. The Balaban J connectivity index is 1.91. The number of halogens is 6. The number of rotatable bonds is 5. The molecule has 1 amide bonds. The summed E-state index contributed by atoms with van der Waals surface area (Å²) in [6, 6.07) is 5.96. The zero-order valence-electron chi connectivity index (χ0n) is 12.6. The van der Waals surface area contributed by atoms with Gasteiger partial charge < -0.3 is 10.6 Å². The number of hydrogen-bond acceptors (Lipinski definition) is 2. The van der Waals surface area contributed by atoms with Crippen LogP contribution in [0.25, 0.3) is 0 Å². The molecule has 0 radical (unpaired) electrons. The molecule has 0 aliphatic rings. The molecule has 9 heteroatoms. The molecule has 0 bridgehead atoms. The predicted molar refractivity (Wildman–Crippen MR) is 84.5 cm³/mol. The Morgan fingerprint density at radius 3 is 2.44 bits per heavy atom. The van der Waals surface area contributed by atoms with Crippen molar-refractivity contribution in [2.75, 3.05) is 17.2 Å². The van der Waals surface area contributed by atoms with E-state index in [0.29, 0.717) is 6.07 Å². The molecule has 0 saturated heterocycles. The van der Waals surface area contributed by atoms with Crippen molar-refractivity contribution >= 4 is 28.9 Å². The number of amides is 1. The van der Waals surface area contributed by atoms with Gasteiger partial charge in [0.2, 0.25) is 5.91 Å². The first-order chi connectivity index (χ1) is 11.7. The van der Waals surface area contributed by atoms with E-state index in [1.807, 2.05) is 0 Å². The third-order valence-electron chi connectivity index (χ3n) is 3.16. The van der Waals surface area contributed by atoms with Crippen molar-refractivity contribution in [1.29, 1.82) is 0 Å². The highest BCUT2D eigenvalue weighted by atomic mass is 35.5. The predicted octanol–water partition coefficient (Wildman–Crippen LogP) is 5.08. The fourth-order valence-electron chi connectivity index (χ4n) is 1.98. The highest BCUT2D eigenvalue weighted by Crippen LogP contribution is 2.36. The van der Waals surface area contributed by atoms with E-state index in [9.17, 15) is 26.7 Å². The molecule has 0 fully saturated rings. The van der Waals surface area contributed by atoms with Gasteiger partial charge in [-0.25, -0.2) is 8.78 Å². The smallest absolute Gasteiger partial charge is 0.385 e. The summed E-state index contributed by atoms with van der Waals surface area (Å²) in [6.07, 6.45) is -4.73. The topological polar surface area (TPSA) is 41.1 Å². The van der Waals surface area contributed by atoms with Crippen LogP contribution in [-0.2, 0) is 11.0 Å². The maximum absolute atomic E-state index is 13.4. The number of carbonyl (C=O) groups excluding carboxylic acids is 1. The third-order valence-corrected chi connectivity index (χ3v) is 3.49. The summed E-state index contributed by atoms with van der Waals surface area (Å²) in [5, 5.41) is 4.47. The van der Waals surface area contributed by atoms with Crippen molar-refractivity contribution in [3.63, 3.8) is 0 Å². The Labute approximate surface area is 144 Å². The van der Waals surface area contributed by atoms with E-state index in [1.54, 1.807) is 0 Å². The number of nitrogens with one attached hydrogen (secondary N) is 2. The number of carbonyl (C=O) groups is 1. The van der Waals surface area contributed by atoms with Crippen LogP contribution in [0.2, 0.25) is 5.02 Å². The monoisotopic (exact) mass is 378 g/mol. The van der Waals surface area contributed by atoms with E-state index in [1.165, 1.54) is 6.07 Å². The second kappa shape index (κ2) is 7.69. The van der Waals surface area contributed by atoms with Crippen molar-refractivity contribution in [2.24, 2.45) is 0 Å². The van der Waals surface area contributed by atoms with Crippen LogP contribution in [-0.4, -0.2) is 12.5 Å². The van der Waals surface area contributed by atoms with Crippen molar-refractivity contribution in [1.82, 2.24) is 0 Å². The maximum atomic E-state index is 13.4. The molecule has 0 heterocycles. The second-order valence-electron chi connectivity index (χ2n) is 5.04. The zero-order chi connectivity index (χ0) is 18.6. The molecule has 25 heavy (non-hydrogen) atoms. The lowest BCUT2D eigenvalue weighted by Crippen LogP contribution is -2.17. The van der Waals surface area contributed by atoms with Crippen LogP contribution < -0.4 is 10.6 Å². The third kappa shape index (κ3) is 5.32. The average molecular weight is 379 g/mol. The summed E-state index contributed by atoms with van der Waals surface area (Å²) in [5.41, 5.74) is -1.04. The van der Waals surface area contributed by atoms with Crippen LogP contribution >= 0.6 is 11.6 Å². The normalized spacial score (nSPS) is 11.3. The van der Waals surface area contributed by atoms with Crippen LogP contribution in [0.5, 0.6) is 0 Å². The minimum absolute atomic E-state index is 0.00752. The van der Waals surface area contributed by atoms with Gasteiger partial charge in [-0.2, -0.15) is 13.2 Å². The van der Waals surface area contributed by atoms with Crippen molar-refractivity contribution in [3.8, 4) is 0 Å². The van der Waals surface area contributed by atoms with Crippen molar-refractivity contribution < 1.29 is 26.7 Å². The first-order valence-electron chi connectivity index (χ1n) is 7.02. The maximum Gasteiger partial charge on any atom is 0.417 e. The summed E-state index contributed by atoms with van der Waals surface area (Å²) in [5.74, 6) is -2.28. The van der Waals surface area contributed by atoms with Gasteiger partial charge in [-0.15, -0.1) is 0 Å². The summed E-state index contributed by atoms with van der Waals surface area (Å²) < 4.78 is 64.4. The van der Waals surface area contributed by atoms with Gasteiger partial charge in [0.15, 0.2) is 0 Å². The highest BCUT2D eigenvalue weighted by molar-refractivity contribution is 6.31. The lowest BCUT2D eigenvalue weighted by atomic mass is 10.2. The largest absolute Gasteiger partial charge is 0.417 e. The van der Waals surface area contributed by atoms with Gasteiger partial charge in [0.05, 0.1) is 16.3 Å². The molecule has 0 spiro atoms. The Morgan fingerprint density at radius 2 is 1.80 bits per heavy atom. The van der Waals surface area contributed by atoms with Gasteiger partial charge >= 0.3 is 6.18 Å². The summed E-state index contributed by atoms with van der Waals surface area (Å²) in [6.45, 7) is 0.00752.